The molecule has 0 aliphatic rings. The molecule has 0 aliphatic heterocycles. The Morgan fingerprint density at radius 1 is 1.25 bits per heavy atom. The Morgan fingerprint density at radius 2 is 1.85 bits per heavy atom. The van der Waals surface area contributed by atoms with Crippen molar-refractivity contribution in [1.82, 2.24) is 10.2 Å². The van der Waals surface area contributed by atoms with E-state index in [1.807, 2.05) is 31.2 Å². The first-order valence-electron chi connectivity index (χ1n) is 7.33. The van der Waals surface area contributed by atoms with E-state index in [2.05, 4.69) is 31.0 Å². The molecule has 4 heteroatoms. The van der Waals surface area contributed by atoms with Gasteiger partial charge in [0.05, 0.1) is 6.04 Å². The molecular formula is C16H27N3O. The predicted octanol–water partition coefficient (Wildman–Crippen LogP) is 2.39. The van der Waals surface area contributed by atoms with E-state index in [-0.39, 0.29) is 11.9 Å². The smallest absolute Gasteiger partial charge is 0.237 e. The summed E-state index contributed by atoms with van der Waals surface area (Å²) in [6.07, 6.45) is 0.956. The molecule has 0 fully saturated rings. The van der Waals surface area contributed by atoms with Crippen LogP contribution < -0.4 is 11.1 Å². The first-order valence-corrected chi connectivity index (χ1v) is 7.33. The maximum absolute atomic E-state index is 12.1. The van der Waals surface area contributed by atoms with E-state index in [9.17, 15) is 4.79 Å². The van der Waals surface area contributed by atoms with Crippen molar-refractivity contribution in [3.8, 4) is 0 Å². The summed E-state index contributed by atoms with van der Waals surface area (Å²) >= 11 is 0. The molecule has 20 heavy (non-hydrogen) atoms. The summed E-state index contributed by atoms with van der Waals surface area (Å²) in [7, 11) is 0. The van der Waals surface area contributed by atoms with Crippen LogP contribution in [0.4, 0.5) is 5.69 Å². The molecule has 1 atom stereocenters. The monoisotopic (exact) mass is 277 g/mol. The lowest BCUT2D eigenvalue weighted by atomic mass is 10.1. The van der Waals surface area contributed by atoms with E-state index in [1.165, 1.54) is 5.56 Å². The molecule has 0 bridgehead atoms. The Balaban J connectivity index is 2.73. The number of amides is 1. The number of carbonyl (C=O) groups excluding carboxylic acids is 1. The van der Waals surface area contributed by atoms with Gasteiger partial charge in [-0.05, 0) is 44.9 Å². The second kappa shape index (κ2) is 7.90. The summed E-state index contributed by atoms with van der Waals surface area (Å²) in [5.41, 5.74) is 7.63. The zero-order valence-electron chi connectivity index (χ0n) is 13.0. The number of hydrogen-bond acceptors (Lipinski definition) is 3. The number of nitrogens with two attached hydrogens (primary N) is 1. The fourth-order valence-corrected chi connectivity index (χ4v) is 2.15. The SMILES string of the molecule is CCCNC(=O)C(C)N(Cc1ccc(N)cc1)C(C)C. The number of benzene rings is 1. The predicted molar refractivity (Wildman–Crippen MR) is 84.3 cm³/mol. The van der Waals surface area contributed by atoms with Crippen LogP contribution in [0.1, 0.15) is 39.7 Å². The Hall–Kier alpha value is -1.55. The summed E-state index contributed by atoms with van der Waals surface area (Å²) in [4.78, 5) is 14.3. The van der Waals surface area contributed by atoms with Crippen LogP contribution in [0.5, 0.6) is 0 Å². The van der Waals surface area contributed by atoms with Gasteiger partial charge in [-0.2, -0.15) is 0 Å². The largest absolute Gasteiger partial charge is 0.399 e. The minimum absolute atomic E-state index is 0.0935. The second-order valence-electron chi connectivity index (χ2n) is 5.47. The molecule has 0 radical (unpaired) electrons. The molecule has 0 saturated carbocycles. The van der Waals surface area contributed by atoms with E-state index in [4.69, 9.17) is 5.73 Å². The van der Waals surface area contributed by atoms with Gasteiger partial charge in [-0.3, -0.25) is 9.69 Å². The van der Waals surface area contributed by atoms with E-state index < -0.39 is 0 Å². The van der Waals surface area contributed by atoms with Gasteiger partial charge in [-0.25, -0.2) is 0 Å². The van der Waals surface area contributed by atoms with Gasteiger partial charge in [0, 0.05) is 24.8 Å². The molecule has 1 unspecified atom stereocenters. The number of anilines is 1. The van der Waals surface area contributed by atoms with Crippen molar-refractivity contribution in [2.45, 2.75) is 52.7 Å². The fourth-order valence-electron chi connectivity index (χ4n) is 2.15. The van der Waals surface area contributed by atoms with Crippen LogP contribution in [0.2, 0.25) is 0 Å². The van der Waals surface area contributed by atoms with E-state index >= 15 is 0 Å². The molecule has 1 aromatic rings. The van der Waals surface area contributed by atoms with Gasteiger partial charge >= 0.3 is 0 Å². The molecule has 4 nitrogen and oxygen atoms in total. The Kier molecular flexibility index (Phi) is 6.52. The van der Waals surface area contributed by atoms with Gasteiger partial charge in [0.2, 0.25) is 5.91 Å². The summed E-state index contributed by atoms with van der Waals surface area (Å²) in [6.45, 7) is 9.72. The first kappa shape index (κ1) is 16.5. The summed E-state index contributed by atoms with van der Waals surface area (Å²) < 4.78 is 0. The van der Waals surface area contributed by atoms with Crippen molar-refractivity contribution in [3.05, 3.63) is 29.8 Å². The molecule has 0 saturated heterocycles. The summed E-state index contributed by atoms with van der Waals surface area (Å²) in [5.74, 6) is 0.0935. The number of nitrogen functional groups attached to an aromatic ring is 1. The molecule has 3 N–H and O–H groups in total. The van der Waals surface area contributed by atoms with Crippen LogP contribution in [0.15, 0.2) is 24.3 Å². The summed E-state index contributed by atoms with van der Waals surface area (Å²) in [5, 5.41) is 2.96. The highest BCUT2D eigenvalue weighted by Crippen LogP contribution is 2.14. The minimum Gasteiger partial charge on any atom is -0.399 e. The molecule has 1 aromatic carbocycles. The number of hydrogen-bond donors (Lipinski definition) is 2. The van der Waals surface area contributed by atoms with E-state index in [1.54, 1.807) is 0 Å². The molecule has 0 aliphatic carbocycles. The molecular weight excluding hydrogens is 250 g/mol. The van der Waals surface area contributed by atoms with Gasteiger partial charge in [-0.15, -0.1) is 0 Å². The molecule has 0 heterocycles. The van der Waals surface area contributed by atoms with Gasteiger partial charge in [0.1, 0.15) is 0 Å². The number of carbonyl (C=O) groups is 1. The normalized spacial score (nSPS) is 12.7. The van der Waals surface area contributed by atoms with Crippen LogP contribution in [-0.2, 0) is 11.3 Å². The third kappa shape index (κ3) is 4.85. The Morgan fingerprint density at radius 3 is 2.35 bits per heavy atom. The molecule has 0 aromatic heterocycles. The van der Waals surface area contributed by atoms with Crippen molar-refractivity contribution in [2.24, 2.45) is 0 Å². The van der Waals surface area contributed by atoms with Gasteiger partial charge < -0.3 is 11.1 Å². The van der Waals surface area contributed by atoms with Crippen LogP contribution in [0, 0.1) is 0 Å². The zero-order valence-corrected chi connectivity index (χ0v) is 13.0. The zero-order chi connectivity index (χ0) is 15.1. The van der Waals surface area contributed by atoms with Crippen LogP contribution in [0.25, 0.3) is 0 Å². The maximum atomic E-state index is 12.1. The molecule has 1 amide bonds. The standard InChI is InChI=1S/C16H27N3O/c1-5-10-18-16(20)13(4)19(12(2)3)11-14-6-8-15(17)9-7-14/h6-9,12-13H,5,10-11,17H2,1-4H3,(H,18,20). The van der Waals surface area contributed by atoms with Crippen LogP contribution >= 0.6 is 0 Å². The lowest BCUT2D eigenvalue weighted by Gasteiger charge is -2.32. The van der Waals surface area contributed by atoms with Crippen molar-refractivity contribution >= 4 is 11.6 Å². The molecule has 0 spiro atoms. The molecule has 112 valence electrons. The van der Waals surface area contributed by atoms with Crippen molar-refractivity contribution in [1.29, 1.82) is 0 Å². The fraction of sp³-hybridized carbons (Fsp3) is 0.562. The first-order chi connectivity index (χ1) is 9.45. The van der Waals surface area contributed by atoms with E-state index in [0.29, 0.717) is 6.04 Å². The van der Waals surface area contributed by atoms with Crippen LogP contribution in [0.3, 0.4) is 0 Å². The average molecular weight is 277 g/mol. The quantitative estimate of drug-likeness (QED) is 0.752. The van der Waals surface area contributed by atoms with Crippen LogP contribution in [-0.4, -0.2) is 29.4 Å². The Bertz CT molecular complexity index is 414. The van der Waals surface area contributed by atoms with Crippen molar-refractivity contribution in [2.75, 3.05) is 12.3 Å². The number of nitrogens with zero attached hydrogens (tertiary/aromatic N) is 1. The third-order valence-electron chi connectivity index (χ3n) is 3.43. The maximum Gasteiger partial charge on any atom is 0.237 e. The van der Waals surface area contributed by atoms with Gasteiger partial charge in [0.15, 0.2) is 0 Å². The second-order valence-corrected chi connectivity index (χ2v) is 5.47. The minimum atomic E-state index is -0.140. The van der Waals surface area contributed by atoms with Gasteiger partial charge in [0.25, 0.3) is 0 Å². The highest BCUT2D eigenvalue weighted by molar-refractivity contribution is 5.81. The lowest BCUT2D eigenvalue weighted by molar-refractivity contribution is -0.126. The number of rotatable bonds is 7. The highest BCUT2D eigenvalue weighted by Gasteiger charge is 2.23. The summed E-state index contributed by atoms with van der Waals surface area (Å²) in [6, 6.07) is 7.99. The van der Waals surface area contributed by atoms with Crippen molar-refractivity contribution < 1.29 is 4.79 Å². The Labute approximate surface area is 122 Å². The average Bonchev–Trinajstić information content (AvgIpc) is 2.43. The highest BCUT2D eigenvalue weighted by atomic mass is 16.2. The lowest BCUT2D eigenvalue weighted by Crippen LogP contribution is -2.47. The van der Waals surface area contributed by atoms with E-state index in [0.717, 1.165) is 25.2 Å². The topological polar surface area (TPSA) is 58.4 Å². The van der Waals surface area contributed by atoms with Gasteiger partial charge in [-0.1, -0.05) is 19.1 Å². The third-order valence-corrected chi connectivity index (χ3v) is 3.43. The van der Waals surface area contributed by atoms with Crippen molar-refractivity contribution in [3.63, 3.8) is 0 Å². The molecule has 1 rings (SSSR count). The number of nitrogens with one attached hydrogen (secondary N) is 1.